The van der Waals surface area contributed by atoms with Crippen molar-refractivity contribution < 1.29 is 14.3 Å². The van der Waals surface area contributed by atoms with Crippen molar-refractivity contribution in [1.82, 2.24) is 5.32 Å². The first kappa shape index (κ1) is 23.7. The number of ether oxygens (including phenoxy) is 2. The fourth-order valence-electron chi connectivity index (χ4n) is 2.79. The Bertz CT molecular complexity index is 793. The Morgan fingerprint density at radius 1 is 0.867 bits per heavy atom. The number of carbonyl (C=O) groups is 1. The molecule has 0 unspecified atom stereocenters. The van der Waals surface area contributed by atoms with Crippen LogP contribution in [0.25, 0.3) is 0 Å². The van der Waals surface area contributed by atoms with Crippen LogP contribution in [0.2, 0.25) is 0 Å². The lowest BCUT2D eigenvalue weighted by Gasteiger charge is -2.13. The molecule has 2 rings (SSSR count). The van der Waals surface area contributed by atoms with Crippen molar-refractivity contribution in [3.8, 4) is 11.5 Å². The monoisotopic (exact) mass is 428 g/mol. The lowest BCUT2D eigenvalue weighted by molar-refractivity contribution is 0.0973. The van der Waals surface area contributed by atoms with Crippen LogP contribution >= 0.6 is 12.2 Å². The molecule has 0 aliphatic heterocycles. The third-order valence-electron chi connectivity index (χ3n) is 4.49. The topological polar surface area (TPSA) is 59.6 Å². The van der Waals surface area contributed by atoms with E-state index in [2.05, 4.69) is 24.5 Å². The summed E-state index contributed by atoms with van der Waals surface area (Å²) in [6.45, 7) is 5.59. The number of hydrogen-bond donors (Lipinski definition) is 2. The fourth-order valence-corrected chi connectivity index (χ4v) is 3.00. The zero-order valence-corrected chi connectivity index (χ0v) is 18.7. The van der Waals surface area contributed by atoms with Gasteiger partial charge in [0, 0.05) is 5.69 Å². The molecule has 2 aromatic carbocycles. The average molecular weight is 429 g/mol. The summed E-state index contributed by atoms with van der Waals surface area (Å²) < 4.78 is 11.5. The van der Waals surface area contributed by atoms with Crippen LogP contribution in [-0.2, 0) is 0 Å². The molecule has 162 valence electrons. The molecule has 0 heterocycles. The average Bonchev–Trinajstić information content (AvgIpc) is 2.75. The number of carbonyl (C=O) groups excluding carboxylic acids is 1. The molecule has 30 heavy (non-hydrogen) atoms. The highest BCUT2D eigenvalue weighted by Crippen LogP contribution is 2.19. The van der Waals surface area contributed by atoms with Crippen molar-refractivity contribution >= 4 is 28.9 Å². The summed E-state index contributed by atoms with van der Waals surface area (Å²) >= 11 is 5.29. The van der Waals surface area contributed by atoms with Gasteiger partial charge in [-0.2, -0.15) is 0 Å². The SMILES string of the molecule is CCCCCCOc1ccc(NC(=S)NC(=O)c2ccccc2OCCCC)cc1. The lowest BCUT2D eigenvalue weighted by Crippen LogP contribution is -2.34. The molecule has 0 spiro atoms. The number of rotatable bonds is 12. The molecule has 1 amide bonds. The van der Waals surface area contributed by atoms with E-state index in [9.17, 15) is 4.79 Å². The van der Waals surface area contributed by atoms with Gasteiger partial charge in [-0.3, -0.25) is 10.1 Å². The van der Waals surface area contributed by atoms with Gasteiger partial charge in [0.2, 0.25) is 0 Å². The van der Waals surface area contributed by atoms with E-state index < -0.39 is 0 Å². The predicted octanol–water partition coefficient (Wildman–Crippen LogP) is 5.95. The van der Waals surface area contributed by atoms with Crippen LogP contribution in [0.3, 0.4) is 0 Å². The minimum Gasteiger partial charge on any atom is -0.494 e. The number of thiocarbonyl (C=S) groups is 1. The van der Waals surface area contributed by atoms with Gasteiger partial charge in [0.15, 0.2) is 5.11 Å². The molecule has 0 saturated heterocycles. The number of nitrogens with one attached hydrogen (secondary N) is 2. The second-order valence-electron chi connectivity index (χ2n) is 7.04. The highest BCUT2D eigenvalue weighted by molar-refractivity contribution is 7.80. The largest absolute Gasteiger partial charge is 0.494 e. The Morgan fingerprint density at radius 2 is 1.57 bits per heavy atom. The molecule has 0 aromatic heterocycles. The Kier molecular flexibility index (Phi) is 10.7. The Hall–Kier alpha value is -2.60. The first-order valence-electron chi connectivity index (χ1n) is 10.7. The first-order valence-corrected chi connectivity index (χ1v) is 11.1. The van der Waals surface area contributed by atoms with Gasteiger partial charge in [-0.1, -0.05) is 51.7 Å². The number of hydrogen-bond acceptors (Lipinski definition) is 4. The summed E-state index contributed by atoms with van der Waals surface area (Å²) in [5.41, 5.74) is 1.25. The van der Waals surface area contributed by atoms with Crippen LogP contribution in [0.1, 0.15) is 62.7 Å². The molecule has 2 aromatic rings. The third-order valence-corrected chi connectivity index (χ3v) is 4.70. The molecule has 0 fully saturated rings. The standard InChI is InChI=1S/C24H32N2O3S/c1-3-5-7-10-18-28-20-15-13-19(14-16-20)25-24(30)26-23(27)21-11-8-9-12-22(21)29-17-6-4-2/h8-9,11-16H,3-7,10,17-18H2,1-2H3,(H2,25,26,27,30). The molecular formula is C24H32N2O3S. The van der Waals surface area contributed by atoms with Gasteiger partial charge in [0.05, 0.1) is 18.8 Å². The normalized spacial score (nSPS) is 10.3. The number of amides is 1. The quantitative estimate of drug-likeness (QED) is 0.323. The summed E-state index contributed by atoms with van der Waals surface area (Å²) in [5, 5.41) is 5.98. The summed E-state index contributed by atoms with van der Waals surface area (Å²) in [6, 6.07) is 14.7. The van der Waals surface area contributed by atoms with Crippen molar-refractivity contribution in [1.29, 1.82) is 0 Å². The van der Waals surface area contributed by atoms with E-state index in [1.165, 1.54) is 19.3 Å². The smallest absolute Gasteiger partial charge is 0.261 e. The summed E-state index contributed by atoms with van der Waals surface area (Å²) in [4.78, 5) is 12.6. The summed E-state index contributed by atoms with van der Waals surface area (Å²) in [5.74, 6) is 1.09. The van der Waals surface area contributed by atoms with Crippen LogP contribution in [0.5, 0.6) is 11.5 Å². The minimum atomic E-state index is -0.299. The maximum absolute atomic E-state index is 12.6. The molecular weight excluding hydrogens is 396 g/mol. The third kappa shape index (κ3) is 8.41. The van der Waals surface area contributed by atoms with Crippen LogP contribution in [0, 0.1) is 0 Å². The van der Waals surface area contributed by atoms with Crippen molar-refractivity contribution in [2.75, 3.05) is 18.5 Å². The molecule has 0 aliphatic rings. The molecule has 5 nitrogen and oxygen atoms in total. The van der Waals surface area contributed by atoms with Gasteiger partial charge < -0.3 is 14.8 Å². The van der Waals surface area contributed by atoms with Crippen molar-refractivity contribution in [3.63, 3.8) is 0 Å². The number of unbranched alkanes of at least 4 members (excludes halogenated alkanes) is 4. The minimum absolute atomic E-state index is 0.233. The van der Waals surface area contributed by atoms with Gasteiger partial charge in [0.1, 0.15) is 11.5 Å². The van der Waals surface area contributed by atoms with E-state index in [4.69, 9.17) is 21.7 Å². The van der Waals surface area contributed by atoms with Crippen LogP contribution in [0.15, 0.2) is 48.5 Å². The number of para-hydroxylation sites is 1. The maximum Gasteiger partial charge on any atom is 0.261 e. The second kappa shape index (κ2) is 13.6. The maximum atomic E-state index is 12.6. The highest BCUT2D eigenvalue weighted by Gasteiger charge is 2.13. The molecule has 0 radical (unpaired) electrons. The van der Waals surface area contributed by atoms with Gasteiger partial charge in [0.25, 0.3) is 5.91 Å². The van der Waals surface area contributed by atoms with Crippen LogP contribution in [0.4, 0.5) is 5.69 Å². The van der Waals surface area contributed by atoms with E-state index >= 15 is 0 Å². The highest BCUT2D eigenvalue weighted by atomic mass is 32.1. The van der Waals surface area contributed by atoms with Crippen molar-refractivity contribution in [2.45, 2.75) is 52.4 Å². The number of anilines is 1. The van der Waals surface area contributed by atoms with E-state index in [0.717, 1.165) is 37.3 Å². The Labute approximate surface area is 185 Å². The number of benzene rings is 2. The Morgan fingerprint density at radius 3 is 2.30 bits per heavy atom. The van der Waals surface area contributed by atoms with Crippen LogP contribution < -0.4 is 20.1 Å². The molecule has 0 aliphatic carbocycles. The summed E-state index contributed by atoms with van der Waals surface area (Å²) in [7, 11) is 0. The molecule has 0 saturated carbocycles. The second-order valence-corrected chi connectivity index (χ2v) is 7.45. The van der Waals surface area contributed by atoms with E-state index in [1.54, 1.807) is 18.2 Å². The zero-order valence-electron chi connectivity index (χ0n) is 17.9. The van der Waals surface area contributed by atoms with E-state index in [0.29, 0.717) is 17.9 Å². The van der Waals surface area contributed by atoms with Gasteiger partial charge in [-0.05, 0) is 61.5 Å². The molecule has 0 atom stereocenters. The zero-order chi connectivity index (χ0) is 21.6. The van der Waals surface area contributed by atoms with Gasteiger partial charge in [-0.25, -0.2) is 0 Å². The van der Waals surface area contributed by atoms with E-state index in [1.807, 2.05) is 30.3 Å². The van der Waals surface area contributed by atoms with Crippen molar-refractivity contribution in [3.05, 3.63) is 54.1 Å². The predicted molar refractivity (Wildman–Crippen MR) is 127 cm³/mol. The van der Waals surface area contributed by atoms with Crippen molar-refractivity contribution in [2.24, 2.45) is 0 Å². The fraction of sp³-hybridized carbons (Fsp3) is 0.417. The molecule has 0 bridgehead atoms. The lowest BCUT2D eigenvalue weighted by atomic mass is 10.2. The van der Waals surface area contributed by atoms with Crippen LogP contribution in [-0.4, -0.2) is 24.2 Å². The molecule has 2 N–H and O–H groups in total. The Balaban J connectivity index is 1.83. The molecule has 6 heteroatoms. The summed E-state index contributed by atoms with van der Waals surface area (Å²) in [6.07, 6.45) is 6.68. The van der Waals surface area contributed by atoms with Gasteiger partial charge >= 0.3 is 0 Å². The van der Waals surface area contributed by atoms with E-state index in [-0.39, 0.29) is 11.0 Å². The van der Waals surface area contributed by atoms with Gasteiger partial charge in [-0.15, -0.1) is 0 Å². The first-order chi connectivity index (χ1) is 14.6.